The first kappa shape index (κ1) is 20.8. The largest absolute Gasteiger partial charge is 0.359 e. The Balaban J connectivity index is 2.16. The van der Waals surface area contributed by atoms with E-state index in [0.717, 1.165) is 12.3 Å². The van der Waals surface area contributed by atoms with E-state index < -0.39 is 20.9 Å². The molecule has 0 spiro atoms. The summed E-state index contributed by atoms with van der Waals surface area (Å²) < 4.78 is 22.4. The molecule has 0 aliphatic heterocycles. The molecule has 0 saturated heterocycles. The molecule has 0 aliphatic rings. The molecule has 1 amide bonds. The Morgan fingerprint density at radius 3 is 2.43 bits per heavy atom. The number of carbonyl (C=O) groups excluding carboxylic acids is 1. The maximum Gasteiger partial charge on any atom is 0.271 e. The number of primary sulfonamides is 1. The fourth-order valence-corrected chi connectivity index (χ4v) is 2.65. The van der Waals surface area contributed by atoms with Crippen molar-refractivity contribution < 1.29 is 18.1 Å². The molecule has 0 radical (unpaired) electrons. The van der Waals surface area contributed by atoms with Crippen LogP contribution in [0.15, 0.2) is 59.1 Å². The molecule has 2 rings (SSSR count). The number of rotatable bonds is 6. The highest BCUT2D eigenvalue weighted by Crippen LogP contribution is 2.26. The SMILES string of the molecule is N#C/C(=C/Nc1cc([N+](=O)[O-])ccc1Cl)C(=O)Nc1ccc(S(N)(=O)=O)cc1. The van der Waals surface area contributed by atoms with Gasteiger partial charge < -0.3 is 10.6 Å². The summed E-state index contributed by atoms with van der Waals surface area (Å²) >= 11 is 5.93. The Kier molecular flexibility index (Phi) is 6.32. The Morgan fingerprint density at radius 1 is 1.25 bits per heavy atom. The van der Waals surface area contributed by atoms with Gasteiger partial charge in [0.25, 0.3) is 11.6 Å². The second-order valence-electron chi connectivity index (χ2n) is 5.26. The Labute approximate surface area is 164 Å². The molecule has 0 aromatic heterocycles. The third kappa shape index (κ3) is 5.27. The van der Waals surface area contributed by atoms with Crippen molar-refractivity contribution in [3.8, 4) is 6.07 Å². The van der Waals surface area contributed by atoms with Gasteiger partial charge in [-0.05, 0) is 30.3 Å². The van der Waals surface area contributed by atoms with E-state index in [2.05, 4.69) is 10.6 Å². The monoisotopic (exact) mass is 421 g/mol. The van der Waals surface area contributed by atoms with Crippen molar-refractivity contribution in [2.24, 2.45) is 5.14 Å². The predicted octanol–water partition coefficient (Wildman–Crippen LogP) is 2.35. The number of hydrogen-bond donors (Lipinski definition) is 3. The Bertz CT molecular complexity index is 1110. The second-order valence-corrected chi connectivity index (χ2v) is 7.23. The molecule has 0 heterocycles. The number of sulfonamides is 1. The van der Waals surface area contributed by atoms with Gasteiger partial charge in [-0.3, -0.25) is 14.9 Å². The van der Waals surface area contributed by atoms with Crippen LogP contribution in [-0.4, -0.2) is 19.2 Å². The molecule has 2 aromatic rings. The van der Waals surface area contributed by atoms with Crippen molar-refractivity contribution in [1.82, 2.24) is 0 Å². The lowest BCUT2D eigenvalue weighted by Crippen LogP contribution is -2.15. The molecule has 28 heavy (non-hydrogen) atoms. The molecule has 12 heteroatoms. The standard InChI is InChI=1S/C16H12ClN5O5S/c17-14-6-3-12(22(24)25)7-15(14)20-9-10(8-18)16(23)21-11-1-4-13(5-2-11)28(19,26)27/h1-7,9,20H,(H,21,23)(H2,19,26,27)/b10-9-. The van der Waals surface area contributed by atoms with E-state index in [0.29, 0.717) is 0 Å². The first-order valence-corrected chi connectivity index (χ1v) is 9.29. The summed E-state index contributed by atoms with van der Waals surface area (Å²) in [6.07, 6.45) is 1.04. The number of non-ortho nitro benzene ring substituents is 1. The number of amides is 1. The molecule has 2 aromatic carbocycles. The quantitative estimate of drug-likeness (QED) is 0.278. The first-order chi connectivity index (χ1) is 13.1. The molecule has 144 valence electrons. The molecular weight excluding hydrogens is 410 g/mol. The highest BCUT2D eigenvalue weighted by molar-refractivity contribution is 7.89. The summed E-state index contributed by atoms with van der Waals surface area (Å²) in [4.78, 5) is 22.2. The van der Waals surface area contributed by atoms with Crippen LogP contribution < -0.4 is 15.8 Å². The zero-order chi connectivity index (χ0) is 20.9. The van der Waals surface area contributed by atoms with E-state index in [1.54, 1.807) is 6.07 Å². The van der Waals surface area contributed by atoms with Crippen LogP contribution in [0.3, 0.4) is 0 Å². The average Bonchev–Trinajstić information content (AvgIpc) is 2.63. The molecule has 0 atom stereocenters. The van der Waals surface area contributed by atoms with Gasteiger partial charge in [-0.25, -0.2) is 13.6 Å². The van der Waals surface area contributed by atoms with Crippen molar-refractivity contribution in [3.05, 3.63) is 69.4 Å². The fourth-order valence-electron chi connectivity index (χ4n) is 1.96. The molecule has 0 saturated carbocycles. The van der Waals surface area contributed by atoms with E-state index in [4.69, 9.17) is 22.0 Å². The third-order valence-electron chi connectivity index (χ3n) is 3.34. The molecular formula is C16H12ClN5O5S. The zero-order valence-corrected chi connectivity index (χ0v) is 15.5. The Morgan fingerprint density at radius 2 is 1.89 bits per heavy atom. The normalized spacial score (nSPS) is 11.4. The van der Waals surface area contributed by atoms with Gasteiger partial charge in [-0.1, -0.05) is 11.6 Å². The number of nitrogens with two attached hydrogens (primary N) is 1. The molecule has 0 fully saturated rings. The van der Waals surface area contributed by atoms with Gasteiger partial charge in [0.2, 0.25) is 10.0 Å². The van der Waals surface area contributed by atoms with Crippen molar-refractivity contribution >= 4 is 44.6 Å². The number of benzene rings is 2. The summed E-state index contributed by atoms with van der Waals surface area (Å²) in [5.74, 6) is -0.792. The van der Waals surface area contributed by atoms with Crippen molar-refractivity contribution in [3.63, 3.8) is 0 Å². The highest BCUT2D eigenvalue weighted by atomic mass is 35.5. The lowest BCUT2D eigenvalue weighted by atomic mass is 10.2. The van der Waals surface area contributed by atoms with Crippen molar-refractivity contribution in [2.45, 2.75) is 4.90 Å². The molecule has 4 N–H and O–H groups in total. The molecule has 0 unspecified atom stereocenters. The van der Waals surface area contributed by atoms with E-state index in [1.165, 1.54) is 36.4 Å². The minimum Gasteiger partial charge on any atom is -0.359 e. The number of hydrogen-bond acceptors (Lipinski definition) is 7. The van der Waals surface area contributed by atoms with E-state index in [1.807, 2.05) is 0 Å². The number of nitrogens with zero attached hydrogens (tertiary/aromatic N) is 2. The van der Waals surface area contributed by atoms with Crippen LogP contribution in [0.4, 0.5) is 17.1 Å². The predicted molar refractivity (Wildman–Crippen MR) is 102 cm³/mol. The molecule has 0 aliphatic carbocycles. The van der Waals surface area contributed by atoms with Gasteiger partial charge >= 0.3 is 0 Å². The minimum absolute atomic E-state index is 0.133. The van der Waals surface area contributed by atoms with Gasteiger partial charge in [0.15, 0.2) is 0 Å². The maximum absolute atomic E-state index is 12.2. The first-order valence-electron chi connectivity index (χ1n) is 7.37. The lowest BCUT2D eigenvalue weighted by Gasteiger charge is -2.07. The average molecular weight is 422 g/mol. The lowest BCUT2D eigenvalue weighted by molar-refractivity contribution is -0.384. The topological polar surface area (TPSA) is 168 Å². The summed E-state index contributed by atoms with van der Waals surface area (Å²) in [5, 5.41) is 30.1. The smallest absolute Gasteiger partial charge is 0.271 e. The minimum atomic E-state index is -3.87. The van der Waals surface area contributed by atoms with Crippen LogP contribution in [0, 0.1) is 21.4 Å². The summed E-state index contributed by atoms with van der Waals surface area (Å²) in [5.41, 5.74) is -0.211. The summed E-state index contributed by atoms with van der Waals surface area (Å²) in [6.45, 7) is 0. The number of carbonyl (C=O) groups is 1. The number of nitro groups is 1. The second kappa shape index (κ2) is 8.49. The van der Waals surface area contributed by atoms with Crippen LogP contribution in [0.1, 0.15) is 0 Å². The van der Waals surface area contributed by atoms with E-state index in [-0.39, 0.29) is 32.6 Å². The number of nitro benzene ring substituents is 1. The Hall–Kier alpha value is -3.46. The maximum atomic E-state index is 12.2. The van der Waals surface area contributed by atoms with Crippen LogP contribution in [-0.2, 0) is 14.8 Å². The number of nitrogens with one attached hydrogen (secondary N) is 2. The molecule has 0 bridgehead atoms. The van der Waals surface area contributed by atoms with Gasteiger partial charge in [-0.15, -0.1) is 0 Å². The van der Waals surface area contributed by atoms with Gasteiger partial charge in [-0.2, -0.15) is 5.26 Å². The summed E-state index contributed by atoms with van der Waals surface area (Å²) in [7, 11) is -3.87. The number of nitriles is 1. The fraction of sp³-hybridized carbons (Fsp3) is 0. The van der Waals surface area contributed by atoms with Crippen molar-refractivity contribution in [1.29, 1.82) is 5.26 Å². The van der Waals surface area contributed by atoms with Crippen molar-refractivity contribution in [2.75, 3.05) is 10.6 Å². The number of halogens is 1. The number of anilines is 2. The van der Waals surface area contributed by atoms with E-state index in [9.17, 15) is 23.3 Å². The highest BCUT2D eigenvalue weighted by Gasteiger charge is 2.13. The molecule has 10 nitrogen and oxygen atoms in total. The van der Waals surface area contributed by atoms with Crippen LogP contribution in [0.5, 0.6) is 0 Å². The summed E-state index contributed by atoms with van der Waals surface area (Å²) in [6, 6.07) is 10.3. The van der Waals surface area contributed by atoms with E-state index >= 15 is 0 Å². The van der Waals surface area contributed by atoms with Crippen LogP contribution in [0.2, 0.25) is 5.02 Å². The third-order valence-corrected chi connectivity index (χ3v) is 4.60. The van der Waals surface area contributed by atoms with Crippen LogP contribution in [0.25, 0.3) is 0 Å². The zero-order valence-electron chi connectivity index (χ0n) is 13.9. The van der Waals surface area contributed by atoms with Gasteiger partial charge in [0.05, 0.1) is 20.5 Å². The van der Waals surface area contributed by atoms with Crippen LogP contribution >= 0.6 is 11.6 Å². The van der Waals surface area contributed by atoms with Gasteiger partial charge in [0, 0.05) is 24.0 Å². The van der Waals surface area contributed by atoms with Gasteiger partial charge in [0.1, 0.15) is 11.6 Å².